The number of hydrogen-bond acceptors (Lipinski definition) is 3. The van der Waals surface area contributed by atoms with Crippen LogP contribution < -0.4 is 15.4 Å². The molecule has 0 aromatic heterocycles. The first-order chi connectivity index (χ1) is 16.1. The largest absolute Gasteiger partial charge is 0.481 e. The zero-order valence-corrected chi connectivity index (χ0v) is 19.0. The van der Waals surface area contributed by atoms with Crippen molar-refractivity contribution in [3.8, 4) is 5.75 Å². The molecule has 170 valence electrons. The van der Waals surface area contributed by atoms with Gasteiger partial charge in [-0.2, -0.15) is 0 Å². The monoisotopic (exact) mass is 442 g/mol. The van der Waals surface area contributed by atoms with E-state index < -0.39 is 6.10 Å². The van der Waals surface area contributed by atoms with E-state index in [1.165, 1.54) is 24.0 Å². The Balaban J connectivity index is 1.42. The maximum atomic E-state index is 13.0. The third-order valence-electron chi connectivity index (χ3n) is 5.99. The van der Waals surface area contributed by atoms with Gasteiger partial charge in [0.15, 0.2) is 6.10 Å². The number of rotatable bonds is 8. The van der Waals surface area contributed by atoms with Crippen LogP contribution in [0.15, 0.2) is 72.8 Å². The number of anilines is 1. The zero-order valence-electron chi connectivity index (χ0n) is 19.0. The number of nitrogens with one attached hydrogen (secondary N) is 2. The van der Waals surface area contributed by atoms with Gasteiger partial charge in [-0.05, 0) is 73.1 Å². The van der Waals surface area contributed by atoms with Crippen LogP contribution in [0.25, 0.3) is 0 Å². The predicted octanol–water partition coefficient (Wildman–Crippen LogP) is 5.29. The lowest BCUT2D eigenvalue weighted by molar-refractivity contribution is -0.122. The summed E-state index contributed by atoms with van der Waals surface area (Å²) in [6, 6.07) is 22.9. The normalized spacial score (nSPS) is 13.5. The van der Waals surface area contributed by atoms with Crippen molar-refractivity contribution in [2.45, 2.75) is 51.7 Å². The highest BCUT2D eigenvalue weighted by Gasteiger charge is 2.22. The van der Waals surface area contributed by atoms with Gasteiger partial charge in [0.2, 0.25) is 0 Å². The highest BCUT2D eigenvalue weighted by molar-refractivity contribution is 6.04. The van der Waals surface area contributed by atoms with Gasteiger partial charge in [-0.25, -0.2) is 0 Å². The third kappa shape index (κ3) is 5.80. The molecule has 5 heteroatoms. The number of hydrogen-bond donors (Lipinski definition) is 2. The first-order valence-electron chi connectivity index (χ1n) is 11.6. The van der Waals surface area contributed by atoms with Crippen LogP contribution in [0.1, 0.15) is 53.2 Å². The van der Waals surface area contributed by atoms with Crippen molar-refractivity contribution in [1.82, 2.24) is 5.32 Å². The first-order valence-corrected chi connectivity index (χ1v) is 11.6. The van der Waals surface area contributed by atoms with Gasteiger partial charge < -0.3 is 15.4 Å². The van der Waals surface area contributed by atoms with E-state index in [1.807, 2.05) is 43.3 Å². The van der Waals surface area contributed by atoms with Crippen molar-refractivity contribution in [2.24, 2.45) is 0 Å². The molecule has 0 heterocycles. The maximum absolute atomic E-state index is 13.0. The summed E-state index contributed by atoms with van der Waals surface area (Å²) in [6.45, 7) is 2.34. The Labute approximate surface area is 195 Å². The quantitative estimate of drug-likeness (QED) is 0.498. The number of carbonyl (C=O) groups excluding carboxylic acids is 2. The molecule has 4 rings (SSSR count). The Hall–Kier alpha value is -3.60. The summed E-state index contributed by atoms with van der Waals surface area (Å²) >= 11 is 0. The Morgan fingerprint density at radius 1 is 0.909 bits per heavy atom. The average molecular weight is 443 g/mol. The fourth-order valence-corrected chi connectivity index (χ4v) is 4.15. The molecule has 0 fully saturated rings. The van der Waals surface area contributed by atoms with Gasteiger partial charge in [0, 0.05) is 6.54 Å². The molecule has 33 heavy (non-hydrogen) atoms. The van der Waals surface area contributed by atoms with Crippen molar-refractivity contribution in [3.05, 3.63) is 95.1 Å². The molecule has 0 saturated heterocycles. The summed E-state index contributed by atoms with van der Waals surface area (Å²) < 4.78 is 6.06. The summed E-state index contributed by atoms with van der Waals surface area (Å²) in [7, 11) is 0. The van der Waals surface area contributed by atoms with Crippen molar-refractivity contribution < 1.29 is 14.3 Å². The molecule has 0 aliphatic heterocycles. The molecular formula is C28H30N2O3. The fraction of sp³-hybridized carbons (Fsp3) is 0.286. The zero-order chi connectivity index (χ0) is 23.0. The van der Waals surface area contributed by atoms with Crippen molar-refractivity contribution in [2.75, 3.05) is 5.32 Å². The number of carbonyl (C=O) groups is 2. The van der Waals surface area contributed by atoms with Crippen molar-refractivity contribution in [3.63, 3.8) is 0 Å². The van der Waals surface area contributed by atoms with E-state index in [4.69, 9.17) is 4.74 Å². The van der Waals surface area contributed by atoms with E-state index in [9.17, 15) is 9.59 Å². The second-order valence-corrected chi connectivity index (χ2v) is 8.36. The Kier molecular flexibility index (Phi) is 7.40. The molecule has 2 N–H and O–H groups in total. The van der Waals surface area contributed by atoms with Crippen LogP contribution in [0.5, 0.6) is 5.75 Å². The Morgan fingerprint density at radius 3 is 2.42 bits per heavy atom. The van der Waals surface area contributed by atoms with Crippen LogP contribution in [-0.2, 0) is 24.2 Å². The molecule has 0 unspecified atom stereocenters. The third-order valence-corrected chi connectivity index (χ3v) is 5.99. The van der Waals surface area contributed by atoms with Crippen LogP contribution in [0.2, 0.25) is 0 Å². The maximum Gasteiger partial charge on any atom is 0.265 e. The van der Waals surface area contributed by atoms with E-state index in [-0.39, 0.29) is 11.8 Å². The summed E-state index contributed by atoms with van der Waals surface area (Å²) in [6.07, 6.45) is 4.46. The molecule has 5 nitrogen and oxygen atoms in total. The standard InChI is InChI=1S/C28H30N2O3/c1-2-26(33-23-17-16-21-12-6-7-13-22(21)18-23)28(32)30-25-15-9-8-14-24(25)27(31)29-19-20-10-4-3-5-11-20/h3-5,8-11,14-18,26H,2,6-7,12-13,19H2,1H3,(H,29,31)(H,30,32)/t26-/m1/s1. The van der Waals surface area contributed by atoms with Gasteiger partial charge >= 0.3 is 0 Å². The molecule has 1 aliphatic carbocycles. The van der Waals surface area contributed by atoms with Crippen LogP contribution in [0, 0.1) is 0 Å². The molecule has 0 saturated carbocycles. The first kappa shape index (κ1) is 22.6. The SMILES string of the molecule is CC[C@@H](Oc1ccc2c(c1)CCCC2)C(=O)Nc1ccccc1C(=O)NCc1ccccc1. The molecule has 2 amide bonds. The Bertz CT molecular complexity index is 1110. The number of benzene rings is 3. The summed E-state index contributed by atoms with van der Waals surface area (Å²) in [4.78, 5) is 25.8. The summed E-state index contributed by atoms with van der Waals surface area (Å²) in [5, 5.41) is 5.82. The highest BCUT2D eigenvalue weighted by Crippen LogP contribution is 2.26. The summed E-state index contributed by atoms with van der Waals surface area (Å²) in [5.74, 6) is 0.212. The van der Waals surface area contributed by atoms with Crippen molar-refractivity contribution in [1.29, 1.82) is 0 Å². The minimum Gasteiger partial charge on any atom is -0.481 e. The van der Waals surface area contributed by atoms with Crippen LogP contribution in [0.4, 0.5) is 5.69 Å². The lowest BCUT2D eigenvalue weighted by Crippen LogP contribution is -2.33. The summed E-state index contributed by atoms with van der Waals surface area (Å²) in [5.41, 5.74) is 4.60. The van der Waals surface area contributed by atoms with E-state index in [1.54, 1.807) is 24.3 Å². The number of amides is 2. The number of ether oxygens (including phenoxy) is 1. The topological polar surface area (TPSA) is 67.4 Å². The van der Waals surface area contributed by atoms with E-state index in [0.717, 1.165) is 18.4 Å². The van der Waals surface area contributed by atoms with Gasteiger partial charge in [-0.3, -0.25) is 9.59 Å². The van der Waals surface area contributed by atoms with Gasteiger partial charge in [0.1, 0.15) is 5.75 Å². The molecule has 0 spiro atoms. The second-order valence-electron chi connectivity index (χ2n) is 8.36. The highest BCUT2D eigenvalue weighted by atomic mass is 16.5. The second kappa shape index (κ2) is 10.8. The van der Waals surface area contributed by atoms with E-state index in [0.29, 0.717) is 30.0 Å². The van der Waals surface area contributed by atoms with Gasteiger partial charge in [-0.15, -0.1) is 0 Å². The Morgan fingerprint density at radius 2 is 1.64 bits per heavy atom. The smallest absolute Gasteiger partial charge is 0.265 e. The van der Waals surface area contributed by atoms with Gasteiger partial charge in [0.25, 0.3) is 11.8 Å². The van der Waals surface area contributed by atoms with E-state index >= 15 is 0 Å². The molecule has 3 aromatic carbocycles. The lowest BCUT2D eigenvalue weighted by atomic mass is 9.92. The minimum atomic E-state index is -0.646. The average Bonchev–Trinajstić information content (AvgIpc) is 2.86. The molecule has 0 radical (unpaired) electrons. The lowest BCUT2D eigenvalue weighted by Gasteiger charge is -2.21. The van der Waals surface area contributed by atoms with Gasteiger partial charge in [-0.1, -0.05) is 55.5 Å². The van der Waals surface area contributed by atoms with Crippen LogP contribution in [-0.4, -0.2) is 17.9 Å². The molecule has 0 bridgehead atoms. The minimum absolute atomic E-state index is 0.238. The van der Waals surface area contributed by atoms with E-state index in [2.05, 4.69) is 22.8 Å². The molecular weight excluding hydrogens is 412 g/mol. The molecule has 3 aromatic rings. The van der Waals surface area contributed by atoms with Crippen LogP contribution >= 0.6 is 0 Å². The predicted molar refractivity (Wildman–Crippen MR) is 130 cm³/mol. The molecule has 1 atom stereocenters. The number of aryl methyl sites for hydroxylation is 2. The van der Waals surface area contributed by atoms with Crippen LogP contribution in [0.3, 0.4) is 0 Å². The van der Waals surface area contributed by atoms with Crippen molar-refractivity contribution >= 4 is 17.5 Å². The van der Waals surface area contributed by atoms with Gasteiger partial charge in [0.05, 0.1) is 11.3 Å². The number of fused-ring (bicyclic) bond motifs is 1. The fourth-order valence-electron chi connectivity index (χ4n) is 4.15. The number of para-hydroxylation sites is 1. The molecule has 1 aliphatic rings.